The predicted octanol–water partition coefficient (Wildman–Crippen LogP) is 5.22. The molecule has 5 heterocycles. The molecule has 11 nitrogen and oxygen atoms in total. The average molecular weight is 663 g/mol. The van der Waals surface area contributed by atoms with E-state index in [-0.39, 0.29) is 65.9 Å². The van der Waals surface area contributed by atoms with Crippen LogP contribution in [0, 0.1) is 24.2 Å². The Kier molecular flexibility index (Phi) is 7.97. The number of nitrogens with one attached hydrogen (secondary N) is 1. The van der Waals surface area contributed by atoms with Crippen molar-refractivity contribution in [2.75, 3.05) is 24.7 Å². The third-order valence-corrected chi connectivity index (χ3v) is 10.7. The number of fused-ring (bicyclic) bond motifs is 6. The van der Waals surface area contributed by atoms with E-state index in [4.69, 9.17) is 14.5 Å². The van der Waals surface area contributed by atoms with Crippen LogP contribution in [0.4, 0.5) is 19.0 Å². The van der Waals surface area contributed by atoms with E-state index in [9.17, 15) is 26.4 Å². The number of nitrogens with zero attached hydrogens (tertiary/aromatic N) is 5. The number of aryl methyl sites for hydroxylation is 1. The van der Waals surface area contributed by atoms with Crippen LogP contribution in [0.5, 0.6) is 11.8 Å². The quantitative estimate of drug-likeness (QED) is 0.391. The smallest absolute Gasteiger partial charge is 0.394 e. The third kappa shape index (κ3) is 6.13. The maximum atomic E-state index is 13.7. The lowest BCUT2D eigenvalue weighted by molar-refractivity contribution is -0.190. The van der Waals surface area contributed by atoms with E-state index in [1.54, 1.807) is 19.2 Å². The number of ether oxygens (including phenoxy) is 2. The highest BCUT2D eigenvalue weighted by Gasteiger charge is 2.62. The molecule has 3 aromatic heterocycles. The average Bonchev–Trinajstić information content (AvgIpc) is 3.52. The summed E-state index contributed by atoms with van der Waals surface area (Å²) in [6, 6.07) is 7.46. The zero-order chi connectivity index (χ0) is 33.1. The SMILES string of the molecule is Cc1ccc2nc1OCC[C@H](C)[C@@H]1CN(c3nc(-n4ccc(OCCC5(C(F)(F)F)CC5)n4)ccc3C(=O)NS2(=O)=O)C(C)(C)C1. The van der Waals surface area contributed by atoms with Crippen molar-refractivity contribution in [3.05, 3.63) is 47.7 Å². The summed E-state index contributed by atoms with van der Waals surface area (Å²) in [5.74, 6) is 0.540. The van der Waals surface area contributed by atoms with Crippen LogP contribution in [0.3, 0.4) is 0 Å². The van der Waals surface area contributed by atoms with Gasteiger partial charge in [-0.25, -0.2) is 14.4 Å². The molecule has 46 heavy (non-hydrogen) atoms. The number of carbonyl (C=O) groups is 1. The normalized spacial score (nSPS) is 23.4. The van der Waals surface area contributed by atoms with E-state index in [0.29, 0.717) is 31.0 Å². The van der Waals surface area contributed by atoms with Crippen molar-refractivity contribution in [2.24, 2.45) is 17.3 Å². The van der Waals surface area contributed by atoms with Gasteiger partial charge in [-0.1, -0.05) is 13.0 Å². The lowest BCUT2D eigenvalue weighted by atomic mass is 9.86. The molecule has 1 saturated heterocycles. The van der Waals surface area contributed by atoms with Gasteiger partial charge in [0.15, 0.2) is 10.8 Å². The van der Waals surface area contributed by atoms with Crippen molar-refractivity contribution in [3.63, 3.8) is 0 Å². The summed E-state index contributed by atoms with van der Waals surface area (Å²) in [4.78, 5) is 24.7. The molecule has 0 unspecified atom stereocenters. The molecule has 3 aromatic rings. The molecule has 1 saturated carbocycles. The Balaban J connectivity index is 1.33. The van der Waals surface area contributed by atoms with E-state index >= 15 is 0 Å². The summed E-state index contributed by atoms with van der Waals surface area (Å²) >= 11 is 0. The molecule has 15 heteroatoms. The maximum Gasteiger partial charge on any atom is 0.394 e. The predicted molar refractivity (Wildman–Crippen MR) is 162 cm³/mol. The number of halogens is 3. The van der Waals surface area contributed by atoms with Crippen LogP contribution >= 0.6 is 0 Å². The second-order valence-corrected chi connectivity index (χ2v) is 14.9. The Labute approximate surface area is 265 Å². The number of amides is 1. The Morgan fingerprint density at radius 1 is 1.13 bits per heavy atom. The Morgan fingerprint density at radius 3 is 2.61 bits per heavy atom. The molecule has 3 aliphatic rings. The van der Waals surface area contributed by atoms with Crippen LogP contribution in [0.25, 0.3) is 5.82 Å². The molecular formula is C31H37F3N6O5S. The van der Waals surface area contributed by atoms with Gasteiger partial charge < -0.3 is 14.4 Å². The highest BCUT2D eigenvalue weighted by molar-refractivity contribution is 7.90. The van der Waals surface area contributed by atoms with Crippen LogP contribution in [0.15, 0.2) is 41.6 Å². The third-order valence-electron chi connectivity index (χ3n) is 9.50. The number of pyridine rings is 2. The first-order chi connectivity index (χ1) is 21.6. The number of hydrogen-bond donors (Lipinski definition) is 1. The van der Waals surface area contributed by atoms with Gasteiger partial charge in [0.05, 0.1) is 24.2 Å². The molecule has 6 rings (SSSR count). The van der Waals surface area contributed by atoms with Crippen LogP contribution in [0.2, 0.25) is 0 Å². The topological polar surface area (TPSA) is 129 Å². The summed E-state index contributed by atoms with van der Waals surface area (Å²) in [5, 5.41) is 4.01. The fourth-order valence-corrected chi connectivity index (χ4v) is 7.19. The first-order valence-electron chi connectivity index (χ1n) is 15.3. The van der Waals surface area contributed by atoms with E-state index in [2.05, 4.69) is 35.6 Å². The summed E-state index contributed by atoms with van der Waals surface area (Å²) in [5.41, 5.74) is -1.37. The number of alkyl halides is 3. The van der Waals surface area contributed by atoms with Crippen molar-refractivity contribution in [1.29, 1.82) is 0 Å². The molecule has 2 atom stereocenters. The van der Waals surface area contributed by atoms with Crippen molar-refractivity contribution in [2.45, 2.75) is 76.5 Å². The van der Waals surface area contributed by atoms with Crippen LogP contribution < -0.4 is 19.1 Å². The Bertz CT molecular complexity index is 1760. The van der Waals surface area contributed by atoms with Crippen molar-refractivity contribution < 1.29 is 35.9 Å². The number of sulfonamides is 1. The van der Waals surface area contributed by atoms with E-state index in [1.807, 2.05) is 4.90 Å². The monoisotopic (exact) mass is 662 g/mol. The first-order valence-corrected chi connectivity index (χ1v) is 16.8. The van der Waals surface area contributed by atoms with Gasteiger partial charge in [0.25, 0.3) is 15.9 Å². The Morgan fingerprint density at radius 2 is 1.89 bits per heavy atom. The minimum atomic E-state index is -4.37. The zero-order valence-corrected chi connectivity index (χ0v) is 26.9. The van der Waals surface area contributed by atoms with Crippen LogP contribution in [-0.2, 0) is 10.0 Å². The summed E-state index contributed by atoms with van der Waals surface area (Å²) in [6.45, 7) is 8.81. The second kappa shape index (κ2) is 11.4. The fraction of sp³-hybridized carbons (Fsp3) is 0.548. The van der Waals surface area contributed by atoms with Gasteiger partial charge in [-0.3, -0.25) is 4.79 Å². The number of carbonyl (C=O) groups excluding carboxylic acids is 1. The molecule has 0 radical (unpaired) electrons. The minimum Gasteiger partial charge on any atom is -0.477 e. The molecule has 1 aliphatic carbocycles. The molecule has 1 amide bonds. The number of rotatable bonds is 5. The van der Waals surface area contributed by atoms with Crippen LogP contribution in [-0.4, -0.2) is 65.5 Å². The zero-order valence-electron chi connectivity index (χ0n) is 26.1. The molecule has 1 N–H and O–H groups in total. The van der Waals surface area contributed by atoms with Gasteiger partial charge in [-0.05, 0) is 82.9 Å². The Hall–Kier alpha value is -3.88. The second-order valence-electron chi connectivity index (χ2n) is 13.2. The lowest BCUT2D eigenvalue weighted by Crippen LogP contribution is -2.41. The first kappa shape index (κ1) is 32.1. The number of anilines is 1. The number of aromatic nitrogens is 4. The standard InChI is InChI=1S/C31H37F3N6O5S/c1-19-10-15-45-28-20(2)5-8-25(36-28)46(42,43)38-27(41)22-6-7-23(35-26(22)39-18-21(19)17-29(39,3)4)40-14-9-24(37-40)44-16-13-30(11-12-30)31(32,33)34/h5-9,14,19,21H,10-13,15-18H2,1-4H3,(H,38,41)/t19-,21-/m0/s1. The van der Waals surface area contributed by atoms with Gasteiger partial charge >= 0.3 is 6.18 Å². The largest absolute Gasteiger partial charge is 0.477 e. The fourth-order valence-electron chi connectivity index (χ4n) is 6.29. The molecule has 2 aliphatic heterocycles. The van der Waals surface area contributed by atoms with Gasteiger partial charge in [-0.2, -0.15) is 26.6 Å². The highest BCUT2D eigenvalue weighted by Crippen LogP contribution is 2.59. The molecule has 2 fully saturated rings. The van der Waals surface area contributed by atoms with E-state index in [0.717, 1.165) is 6.42 Å². The summed E-state index contributed by atoms with van der Waals surface area (Å²) in [7, 11) is -4.37. The number of hydrogen-bond acceptors (Lipinski definition) is 9. The maximum absolute atomic E-state index is 13.7. The van der Waals surface area contributed by atoms with E-state index in [1.165, 1.54) is 28.9 Å². The van der Waals surface area contributed by atoms with E-state index < -0.39 is 33.1 Å². The molecule has 0 spiro atoms. The van der Waals surface area contributed by atoms with Gasteiger partial charge in [0.2, 0.25) is 11.8 Å². The lowest BCUT2D eigenvalue weighted by Gasteiger charge is -2.34. The molecular weight excluding hydrogens is 625 g/mol. The summed E-state index contributed by atoms with van der Waals surface area (Å²) in [6.07, 6.45) is -1.12. The van der Waals surface area contributed by atoms with Gasteiger partial charge in [-0.15, -0.1) is 5.10 Å². The molecule has 4 bridgehead atoms. The van der Waals surface area contributed by atoms with Crippen LogP contribution in [0.1, 0.15) is 68.8 Å². The van der Waals surface area contributed by atoms with Gasteiger partial charge in [0.1, 0.15) is 5.82 Å². The van der Waals surface area contributed by atoms with Crippen molar-refractivity contribution in [3.8, 4) is 17.6 Å². The summed E-state index contributed by atoms with van der Waals surface area (Å²) < 4.78 is 81.5. The molecule has 0 aromatic carbocycles. The van der Waals surface area contributed by atoms with Crippen molar-refractivity contribution in [1.82, 2.24) is 24.5 Å². The van der Waals surface area contributed by atoms with Crippen molar-refractivity contribution >= 4 is 21.7 Å². The molecule has 248 valence electrons. The van der Waals surface area contributed by atoms with Gasteiger partial charge in [0, 0.05) is 29.9 Å². The minimum absolute atomic E-state index is 0.0534. The highest BCUT2D eigenvalue weighted by atomic mass is 32.2.